The van der Waals surface area contributed by atoms with Gasteiger partial charge in [-0.2, -0.15) is 0 Å². The second-order valence-corrected chi connectivity index (χ2v) is 14.4. The van der Waals surface area contributed by atoms with Crippen molar-refractivity contribution in [2.24, 2.45) is 0 Å². The molecule has 0 aliphatic heterocycles. The average molecular weight is 854 g/mol. The molecule has 0 spiro atoms. The molecule has 0 fully saturated rings. The molecular formula is C46H32N3O2Pt-. The molecule has 10 aromatic rings. The summed E-state index contributed by atoms with van der Waals surface area (Å²) < 4.78 is 8.53. The first-order chi connectivity index (χ1) is 24.8. The number of aromatic nitrogens is 3. The van der Waals surface area contributed by atoms with Crippen molar-refractivity contribution in [3.8, 4) is 39.4 Å². The third-order valence-electron chi connectivity index (χ3n) is 10.1. The van der Waals surface area contributed by atoms with Crippen molar-refractivity contribution in [1.82, 2.24) is 14.4 Å². The number of rotatable bonds is 3. The number of benzene rings is 6. The Morgan fingerprint density at radius 2 is 1.38 bits per heavy atom. The van der Waals surface area contributed by atoms with Gasteiger partial charge in [-0.25, -0.2) is 0 Å². The second kappa shape index (κ2) is 11.9. The monoisotopic (exact) mass is 853 g/mol. The normalized spacial score (nSPS) is 12.1. The number of fused-ring (bicyclic) bond motifs is 12. The molecule has 0 unspecified atom stereocenters. The van der Waals surface area contributed by atoms with Crippen LogP contribution in [0, 0.1) is 6.07 Å². The van der Waals surface area contributed by atoms with Gasteiger partial charge in [-0.3, -0.25) is 9.97 Å². The number of hydrogen-bond donors (Lipinski definition) is 1. The van der Waals surface area contributed by atoms with Crippen LogP contribution >= 0.6 is 0 Å². The maximum absolute atomic E-state index is 11.8. The molecule has 10 rings (SSSR count). The SMILES string of the molecule is CC(C)(C)c1cc(-c2cc(-c3ccccc3)ccn2)[c-]c(-c2cn3c4ccccc4c4c(c(O)cc5oc6ccc7ccccc7c6c54)c3n2)c1.[Pt]. The molecule has 0 bridgehead atoms. The zero-order chi connectivity index (χ0) is 34.4. The molecule has 6 aromatic carbocycles. The zero-order valence-corrected chi connectivity index (χ0v) is 31.0. The second-order valence-electron chi connectivity index (χ2n) is 14.4. The van der Waals surface area contributed by atoms with E-state index in [0.717, 1.165) is 82.6 Å². The quantitative estimate of drug-likeness (QED) is 0.142. The van der Waals surface area contributed by atoms with Crippen molar-refractivity contribution >= 4 is 60.0 Å². The molecule has 0 saturated carbocycles. The predicted molar refractivity (Wildman–Crippen MR) is 208 cm³/mol. The van der Waals surface area contributed by atoms with Crippen molar-refractivity contribution in [2.45, 2.75) is 26.2 Å². The van der Waals surface area contributed by atoms with Crippen LogP contribution in [-0.4, -0.2) is 19.5 Å². The summed E-state index contributed by atoms with van der Waals surface area (Å²) >= 11 is 0. The number of aromatic hydroxyl groups is 1. The molecule has 0 atom stereocenters. The van der Waals surface area contributed by atoms with Crippen LogP contribution in [0.5, 0.6) is 5.75 Å². The van der Waals surface area contributed by atoms with Gasteiger partial charge in [0.1, 0.15) is 22.6 Å². The number of furan rings is 1. The fourth-order valence-corrected chi connectivity index (χ4v) is 7.61. The van der Waals surface area contributed by atoms with E-state index in [1.54, 1.807) is 6.07 Å². The van der Waals surface area contributed by atoms with Gasteiger partial charge < -0.3 is 13.9 Å². The summed E-state index contributed by atoms with van der Waals surface area (Å²) in [4.78, 5) is 10.1. The van der Waals surface area contributed by atoms with Gasteiger partial charge in [0.25, 0.3) is 0 Å². The first kappa shape index (κ1) is 32.2. The predicted octanol–water partition coefficient (Wildman–Crippen LogP) is 11.9. The van der Waals surface area contributed by atoms with Crippen molar-refractivity contribution < 1.29 is 30.6 Å². The van der Waals surface area contributed by atoms with E-state index in [9.17, 15) is 5.11 Å². The molecule has 52 heavy (non-hydrogen) atoms. The molecule has 0 aliphatic rings. The fourth-order valence-electron chi connectivity index (χ4n) is 7.61. The molecule has 1 N–H and O–H groups in total. The van der Waals surface area contributed by atoms with Gasteiger partial charge in [0, 0.05) is 72.5 Å². The van der Waals surface area contributed by atoms with Gasteiger partial charge in [-0.15, -0.1) is 23.8 Å². The molecule has 4 heterocycles. The minimum Gasteiger partial charge on any atom is -0.507 e. The summed E-state index contributed by atoms with van der Waals surface area (Å²) in [5, 5.41) is 18.7. The Hall–Kier alpha value is -5.77. The largest absolute Gasteiger partial charge is 0.507 e. The van der Waals surface area contributed by atoms with E-state index in [0.29, 0.717) is 16.6 Å². The van der Waals surface area contributed by atoms with Gasteiger partial charge >= 0.3 is 0 Å². The molecule has 0 radical (unpaired) electrons. The topological polar surface area (TPSA) is 63.6 Å². The summed E-state index contributed by atoms with van der Waals surface area (Å²) in [5.74, 6) is 0.129. The molecular weight excluding hydrogens is 822 g/mol. The number of para-hydroxylation sites is 1. The van der Waals surface area contributed by atoms with Crippen LogP contribution < -0.4 is 0 Å². The van der Waals surface area contributed by atoms with E-state index in [1.807, 2.05) is 36.5 Å². The maximum Gasteiger partial charge on any atom is 0.141 e. The molecule has 6 heteroatoms. The molecule has 254 valence electrons. The van der Waals surface area contributed by atoms with Crippen LogP contribution in [0.2, 0.25) is 0 Å². The number of pyridine rings is 2. The van der Waals surface area contributed by atoms with E-state index in [1.165, 1.54) is 0 Å². The third kappa shape index (κ3) is 4.95. The number of phenols is 1. The summed E-state index contributed by atoms with van der Waals surface area (Å²) in [6, 6.07) is 45.2. The fraction of sp³-hybridized carbons (Fsp3) is 0.0870. The molecule has 0 saturated heterocycles. The van der Waals surface area contributed by atoms with Crippen molar-refractivity contribution in [1.29, 1.82) is 0 Å². The molecule has 0 aliphatic carbocycles. The van der Waals surface area contributed by atoms with Crippen LogP contribution in [0.25, 0.3) is 93.7 Å². The van der Waals surface area contributed by atoms with Crippen LogP contribution in [0.3, 0.4) is 0 Å². The van der Waals surface area contributed by atoms with Crippen LogP contribution in [0.4, 0.5) is 0 Å². The van der Waals surface area contributed by atoms with Crippen LogP contribution in [-0.2, 0) is 26.5 Å². The Morgan fingerprint density at radius 3 is 2.19 bits per heavy atom. The summed E-state index contributed by atoms with van der Waals surface area (Å²) in [7, 11) is 0. The van der Waals surface area contributed by atoms with Crippen molar-refractivity contribution in [2.75, 3.05) is 0 Å². The number of phenolic OH excluding ortho intramolecular Hbond substituents is 1. The Morgan fingerprint density at radius 1 is 0.654 bits per heavy atom. The Bertz CT molecular complexity index is 3030. The summed E-state index contributed by atoms with van der Waals surface area (Å²) in [6.45, 7) is 6.66. The standard InChI is InChI=1S/C46H32N3O2.Pt/c1-46(2,3)32-22-30(35-24-29(19-20-47-35)27-11-5-4-6-12-27)21-31(23-32)36-26-49-37-16-10-9-15-34(37)42-43(45(49)48-36)38(50)25-40-44(42)41-33-14-8-7-13-28(33)17-18-39(41)51-40;/h4-20,22-26,50H,1-3H3;/q-1;. The van der Waals surface area contributed by atoms with Gasteiger partial charge in [0.15, 0.2) is 0 Å². The molecule has 5 nitrogen and oxygen atoms in total. The van der Waals surface area contributed by atoms with Crippen LogP contribution in [0.1, 0.15) is 26.3 Å². The number of nitrogens with zero attached hydrogens (tertiary/aromatic N) is 3. The van der Waals surface area contributed by atoms with E-state index < -0.39 is 0 Å². The van der Waals surface area contributed by atoms with E-state index in [4.69, 9.17) is 14.4 Å². The van der Waals surface area contributed by atoms with Crippen molar-refractivity contribution in [3.63, 3.8) is 0 Å². The Labute approximate surface area is 314 Å². The Balaban J connectivity index is 0.00000360. The zero-order valence-electron chi connectivity index (χ0n) is 28.7. The van der Waals surface area contributed by atoms with E-state index in [2.05, 4.69) is 122 Å². The summed E-state index contributed by atoms with van der Waals surface area (Å²) in [6.07, 6.45) is 3.93. The van der Waals surface area contributed by atoms with Crippen LogP contribution in [0.15, 0.2) is 138 Å². The maximum atomic E-state index is 11.8. The summed E-state index contributed by atoms with van der Waals surface area (Å²) in [5.41, 5.74) is 9.75. The number of imidazole rings is 1. The van der Waals surface area contributed by atoms with Gasteiger partial charge in [0.2, 0.25) is 0 Å². The van der Waals surface area contributed by atoms with E-state index in [-0.39, 0.29) is 32.2 Å². The third-order valence-corrected chi connectivity index (χ3v) is 10.1. The minimum absolute atomic E-state index is 0. The Kier molecular flexibility index (Phi) is 7.36. The van der Waals surface area contributed by atoms with E-state index >= 15 is 0 Å². The average Bonchev–Trinajstić information content (AvgIpc) is 3.77. The first-order valence-corrected chi connectivity index (χ1v) is 17.2. The minimum atomic E-state index is -0.136. The number of hydrogen-bond acceptors (Lipinski definition) is 4. The van der Waals surface area contributed by atoms with Crippen molar-refractivity contribution in [3.05, 3.63) is 145 Å². The van der Waals surface area contributed by atoms with Gasteiger partial charge in [-0.1, -0.05) is 117 Å². The molecule has 4 aromatic heterocycles. The molecule has 0 amide bonds. The van der Waals surface area contributed by atoms with Gasteiger partial charge in [0.05, 0.1) is 10.9 Å². The first-order valence-electron chi connectivity index (χ1n) is 17.2. The smallest absolute Gasteiger partial charge is 0.141 e. The van der Waals surface area contributed by atoms with Gasteiger partial charge in [-0.05, 0) is 45.5 Å².